The summed E-state index contributed by atoms with van der Waals surface area (Å²) < 4.78 is 2.13. The van der Waals surface area contributed by atoms with E-state index < -0.39 is 0 Å². The largest absolute Gasteiger partial charge is 0.396 e. The molecule has 1 unspecified atom stereocenters. The molecular weight excluding hydrogens is 202 g/mol. The molecule has 4 nitrogen and oxygen atoms in total. The highest BCUT2D eigenvalue weighted by atomic mass is 16.3. The summed E-state index contributed by atoms with van der Waals surface area (Å²) in [5.74, 6) is 1.60. The maximum Gasteiger partial charge on any atom is 0.105 e. The number of hydrogen-bond donors (Lipinski definition) is 2. The Morgan fingerprint density at radius 2 is 2.25 bits per heavy atom. The smallest absolute Gasteiger partial charge is 0.105 e. The van der Waals surface area contributed by atoms with E-state index in [0.717, 1.165) is 25.3 Å². The summed E-state index contributed by atoms with van der Waals surface area (Å²) in [6.07, 6.45) is 4.64. The van der Waals surface area contributed by atoms with Gasteiger partial charge in [0.2, 0.25) is 0 Å². The van der Waals surface area contributed by atoms with Crippen LogP contribution in [0.4, 0.5) is 0 Å². The second-order valence-corrected chi connectivity index (χ2v) is 4.48. The lowest BCUT2D eigenvalue weighted by atomic mass is 10.0. The minimum atomic E-state index is 0.250. The third kappa shape index (κ3) is 3.94. The van der Waals surface area contributed by atoms with E-state index in [1.54, 1.807) is 0 Å². The molecule has 1 aromatic heterocycles. The van der Waals surface area contributed by atoms with Gasteiger partial charge < -0.3 is 15.0 Å². The number of aromatic nitrogens is 2. The molecule has 92 valence electrons. The van der Waals surface area contributed by atoms with E-state index in [0.29, 0.717) is 12.0 Å². The van der Waals surface area contributed by atoms with Crippen molar-refractivity contribution in [1.29, 1.82) is 0 Å². The van der Waals surface area contributed by atoms with E-state index in [1.807, 2.05) is 19.3 Å². The number of nitrogens with zero attached hydrogens (tertiary/aromatic N) is 2. The van der Waals surface area contributed by atoms with E-state index in [9.17, 15) is 0 Å². The standard InChI is InChI=1S/C12H23N3O/c1-10(2)12(4-9-16)14-6-8-15-7-5-13-11(15)3/h5,7,10,12,14,16H,4,6,8-9H2,1-3H3. The lowest BCUT2D eigenvalue weighted by Crippen LogP contribution is -2.36. The quantitative estimate of drug-likeness (QED) is 0.733. The fourth-order valence-electron chi connectivity index (χ4n) is 1.82. The first-order valence-electron chi connectivity index (χ1n) is 5.97. The Bertz CT molecular complexity index is 296. The van der Waals surface area contributed by atoms with Crippen LogP contribution < -0.4 is 5.32 Å². The normalized spacial score (nSPS) is 13.3. The van der Waals surface area contributed by atoms with E-state index in [4.69, 9.17) is 5.11 Å². The van der Waals surface area contributed by atoms with Crippen molar-refractivity contribution in [2.45, 2.75) is 39.8 Å². The fourth-order valence-corrected chi connectivity index (χ4v) is 1.82. The average molecular weight is 225 g/mol. The molecule has 0 radical (unpaired) electrons. The average Bonchev–Trinajstić information content (AvgIpc) is 2.63. The molecule has 0 aliphatic carbocycles. The lowest BCUT2D eigenvalue weighted by Gasteiger charge is -2.21. The van der Waals surface area contributed by atoms with Crippen LogP contribution in [0.15, 0.2) is 12.4 Å². The maximum atomic E-state index is 8.96. The van der Waals surface area contributed by atoms with Crippen LogP contribution in [0.5, 0.6) is 0 Å². The molecule has 1 aromatic rings. The monoisotopic (exact) mass is 225 g/mol. The molecule has 1 rings (SSSR count). The number of hydrogen-bond acceptors (Lipinski definition) is 3. The van der Waals surface area contributed by atoms with Crippen molar-refractivity contribution < 1.29 is 5.11 Å². The fraction of sp³-hybridized carbons (Fsp3) is 0.750. The number of aryl methyl sites for hydroxylation is 1. The Kier molecular flexibility index (Phi) is 5.49. The lowest BCUT2D eigenvalue weighted by molar-refractivity contribution is 0.243. The summed E-state index contributed by atoms with van der Waals surface area (Å²) in [6, 6.07) is 0.397. The van der Waals surface area contributed by atoms with Gasteiger partial charge in [0.25, 0.3) is 0 Å². The molecule has 0 bridgehead atoms. The second-order valence-electron chi connectivity index (χ2n) is 4.48. The molecule has 16 heavy (non-hydrogen) atoms. The van der Waals surface area contributed by atoms with Crippen LogP contribution in [-0.4, -0.2) is 33.9 Å². The van der Waals surface area contributed by atoms with Crippen molar-refractivity contribution in [2.24, 2.45) is 5.92 Å². The van der Waals surface area contributed by atoms with Gasteiger partial charge in [0, 0.05) is 38.1 Å². The molecule has 0 spiro atoms. The van der Waals surface area contributed by atoms with E-state index in [2.05, 4.69) is 28.7 Å². The molecule has 0 aliphatic rings. The molecular formula is C12H23N3O. The predicted octanol–water partition coefficient (Wildman–Crippen LogP) is 1.19. The van der Waals surface area contributed by atoms with Crippen LogP contribution >= 0.6 is 0 Å². The Balaban J connectivity index is 2.30. The molecule has 2 N–H and O–H groups in total. The summed E-state index contributed by atoms with van der Waals surface area (Å²) >= 11 is 0. The zero-order valence-corrected chi connectivity index (χ0v) is 10.5. The highest BCUT2D eigenvalue weighted by Gasteiger charge is 2.11. The molecule has 0 aliphatic heterocycles. The Morgan fingerprint density at radius 1 is 1.50 bits per heavy atom. The third-order valence-electron chi connectivity index (χ3n) is 2.93. The molecule has 1 heterocycles. The van der Waals surface area contributed by atoms with Gasteiger partial charge in [-0.1, -0.05) is 13.8 Å². The van der Waals surface area contributed by atoms with Gasteiger partial charge in [-0.25, -0.2) is 4.98 Å². The highest BCUT2D eigenvalue weighted by molar-refractivity contribution is 4.88. The SMILES string of the molecule is Cc1nccn1CCNC(CCO)C(C)C. The summed E-state index contributed by atoms with van der Waals surface area (Å²) in [7, 11) is 0. The minimum absolute atomic E-state index is 0.250. The molecule has 4 heteroatoms. The number of aliphatic hydroxyl groups is 1. The number of nitrogens with one attached hydrogen (secondary N) is 1. The van der Waals surface area contributed by atoms with Crippen molar-refractivity contribution in [3.8, 4) is 0 Å². The van der Waals surface area contributed by atoms with Crippen LogP contribution in [-0.2, 0) is 6.54 Å². The summed E-state index contributed by atoms with van der Waals surface area (Å²) in [5, 5.41) is 12.4. The number of aliphatic hydroxyl groups excluding tert-OH is 1. The van der Waals surface area contributed by atoms with Gasteiger partial charge in [-0.05, 0) is 19.3 Å². The van der Waals surface area contributed by atoms with E-state index >= 15 is 0 Å². The van der Waals surface area contributed by atoms with Crippen LogP contribution in [0, 0.1) is 12.8 Å². The first-order valence-corrected chi connectivity index (χ1v) is 5.97. The molecule has 1 atom stereocenters. The molecule has 0 amide bonds. The Morgan fingerprint density at radius 3 is 2.75 bits per heavy atom. The van der Waals surface area contributed by atoms with Crippen molar-refractivity contribution in [2.75, 3.05) is 13.2 Å². The minimum Gasteiger partial charge on any atom is -0.396 e. The zero-order chi connectivity index (χ0) is 12.0. The van der Waals surface area contributed by atoms with Crippen molar-refractivity contribution in [1.82, 2.24) is 14.9 Å². The number of rotatable bonds is 7. The van der Waals surface area contributed by atoms with Crippen LogP contribution in [0.25, 0.3) is 0 Å². The van der Waals surface area contributed by atoms with Gasteiger partial charge in [0.15, 0.2) is 0 Å². The first-order chi connectivity index (χ1) is 7.65. The maximum absolute atomic E-state index is 8.96. The molecule has 0 saturated carbocycles. The summed E-state index contributed by atoms with van der Waals surface area (Å²) in [4.78, 5) is 4.18. The van der Waals surface area contributed by atoms with E-state index in [1.165, 1.54) is 0 Å². The zero-order valence-electron chi connectivity index (χ0n) is 10.5. The van der Waals surface area contributed by atoms with Crippen LogP contribution in [0.2, 0.25) is 0 Å². The van der Waals surface area contributed by atoms with Gasteiger partial charge in [-0.3, -0.25) is 0 Å². The first kappa shape index (κ1) is 13.2. The topological polar surface area (TPSA) is 50.1 Å². The van der Waals surface area contributed by atoms with Crippen molar-refractivity contribution in [3.05, 3.63) is 18.2 Å². The van der Waals surface area contributed by atoms with Crippen LogP contribution in [0.1, 0.15) is 26.1 Å². The third-order valence-corrected chi connectivity index (χ3v) is 2.93. The molecule has 0 fully saturated rings. The Labute approximate surface area is 97.7 Å². The van der Waals surface area contributed by atoms with Crippen LogP contribution in [0.3, 0.4) is 0 Å². The van der Waals surface area contributed by atoms with Gasteiger partial charge >= 0.3 is 0 Å². The van der Waals surface area contributed by atoms with Gasteiger partial charge in [-0.2, -0.15) is 0 Å². The van der Waals surface area contributed by atoms with Gasteiger partial charge in [0.05, 0.1) is 0 Å². The van der Waals surface area contributed by atoms with Crippen molar-refractivity contribution >= 4 is 0 Å². The van der Waals surface area contributed by atoms with Gasteiger partial charge in [-0.15, -0.1) is 0 Å². The molecule has 0 aromatic carbocycles. The highest BCUT2D eigenvalue weighted by Crippen LogP contribution is 2.05. The van der Waals surface area contributed by atoms with E-state index in [-0.39, 0.29) is 6.61 Å². The summed E-state index contributed by atoms with van der Waals surface area (Å²) in [5.41, 5.74) is 0. The second kappa shape index (κ2) is 6.66. The Hall–Kier alpha value is -0.870. The summed E-state index contributed by atoms with van der Waals surface area (Å²) in [6.45, 7) is 8.46. The van der Waals surface area contributed by atoms with Gasteiger partial charge in [0.1, 0.15) is 5.82 Å². The number of imidazole rings is 1. The van der Waals surface area contributed by atoms with Crippen molar-refractivity contribution in [3.63, 3.8) is 0 Å². The predicted molar refractivity (Wildman–Crippen MR) is 65.3 cm³/mol. The molecule has 0 saturated heterocycles.